The van der Waals surface area contributed by atoms with Crippen molar-refractivity contribution >= 4 is 27.5 Å². The van der Waals surface area contributed by atoms with Crippen LogP contribution in [0, 0.1) is 34.5 Å². The Labute approximate surface area is 189 Å². The van der Waals surface area contributed by atoms with Gasteiger partial charge < -0.3 is 10.6 Å². The van der Waals surface area contributed by atoms with Crippen molar-refractivity contribution in [3.8, 4) is 6.07 Å². The summed E-state index contributed by atoms with van der Waals surface area (Å²) in [6, 6.07) is 6.09. The van der Waals surface area contributed by atoms with Gasteiger partial charge in [0.25, 0.3) is 5.56 Å². The van der Waals surface area contributed by atoms with Crippen LogP contribution in [0.3, 0.4) is 0 Å². The molecule has 2 N–H and O–H groups in total. The summed E-state index contributed by atoms with van der Waals surface area (Å²) < 4.78 is 1.44. The van der Waals surface area contributed by atoms with Crippen molar-refractivity contribution in [2.24, 2.45) is 23.2 Å². The van der Waals surface area contributed by atoms with E-state index in [-0.39, 0.29) is 35.4 Å². The summed E-state index contributed by atoms with van der Waals surface area (Å²) in [6.45, 7) is 4.66. The van der Waals surface area contributed by atoms with E-state index in [1.54, 1.807) is 18.6 Å². The Kier molecular flexibility index (Phi) is 5.84. The van der Waals surface area contributed by atoms with E-state index in [0.717, 1.165) is 23.1 Å². The average Bonchev–Trinajstić information content (AvgIpc) is 2.77. The molecule has 0 aliphatic heterocycles. The van der Waals surface area contributed by atoms with Gasteiger partial charge in [0, 0.05) is 25.0 Å². The lowest BCUT2D eigenvalue weighted by Crippen LogP contribution is -2.58. The predicted octanol–water partition coefficient (Wildman–Crippen LogP) is 2.70. The highest BCUT2D eigenvalue weighted by Gasteiger charge is 2.58. The van der Waals surface area contributed by atoms with Crippen LogP contribution in [0.25, 0.3) is 0 Å². The fourth-order valence-corrected chi connectivity index (χ4v) is 5.32. The van der Waals surface area contributed by atoms with Crippen LogP contribution in [0.4, 0.5) is 5.69 Å². The Hall–Kier alpha value is -2.73. The molecule has 8 nitrogen and oxygen atoms in total. The van der Waals surface area contributed by atoms with Gasteiger partial charge in [-0.05, 0) is 63.7 Å². The summed E-state index contributed by atoms with van der Waals surface area (Å²) in [7, 11) is 0. The maximum absolute atomic E-state index is 12.7. The number of nitrogens with zero attached hydrogens (tertiary/aromatic N) is 4. The minimum atomic E-state index is -0.390. The number of nitrogens with one attached hydrogen (secondary N) is 2. The number of hydrogen-bond acceptors (Lipinski definition) is 6. The monoisotopic (exact) mass is 484 g/mol. The number of hydrogen-bond donors (Lipinski definition) is 2. The van der Waals surface area contributed by atoms with Crippen molar-refractivity contribution in [1.29, 1.82) is 5.26 Å². The van der Waals surface area contributed by atoms with E-state index in [0.29, 0.717) is 28.5 Å². The second kappa shape index (κ2) is 8.42. The Morgan fingerprint density at radius 1 is 1.35 bits per heavy atom. The van der Waals surface area contributed by atoms with Gasteiger partial charge in [-0.2, -0.15) is 10.4 Å². The van der Waals surface area contributed by atoms with Crippen molar-refractivity contribution in [2.75, 3.05) is 5.32 Å². The second-order valence-corrected chi connectivity index (χ2v) is 9.76. The van der Waals surface area contributed by atoms with Gasteiger partial charge >= 0.3 is 0 Å². The highest BCUT2D eigenvalue weighted by Crippen LogP contribution is 2.61. The summed E-state index contributed by atoms with van der Waals surface area (Å²) in [5.41, 5.74) is 1.29. The van der Waals surface area contributed by atoms with E-state index in [1.165, 1.54) is 0 Å². The minimum absolute atomic E-state index is 0.0150. The molecule has 1 amide bonds. The van der Waals surface area contributed by atoms with Gasteiger partial charge in [-0.25, -0.2) is 4.68 Å². The van der Waals surface area contributed by atoms with Crippen LogP contribution in [-0.4, -0.2) is 26.7 Å². The van der Waals surface area contributed by atoms with E-state index in [1.807, 2.05) is 12.1 Å². The first kappa shape index (κ1) is 21.5. The zero-order chi connectivity index (χ0) is 22.2. The molecule has 2 aromatic heterocycles. The van der Waals surface area contributed by atoms with Crippen molar-refractivity contribution in [2.45, 2.75) is 45.8 Å². The number of anilines is 1. The van der Waals surface area contributed by atoms with Gasteiger partial charge in [0.1, 0.15) is 11.0 Å². The number of nitriles is 1. The molecule has 0 radical (unpaired) electrons. The largest absolute Gasteiger partial charge is 0.379 e. The first-order valence-electron chi connectivity index (χ1n) is 10.4. The topological polar surface area (TPSA) is 113 Å². The highest BCUT2D eigenvalue weighted by atomic mass is 79.9. The third-order valence-corrected chi connectivity index (χ3v) is 7.73. The lowest BCUT2D eigenvalue weighted by molar-refractivity contribution is -0.122. The highest BCUT2D eigenvalue weighted by molar-refractivity contribution is 9.10. The van der Waals surface area contributed by atoms with Gasteiger partial charge in [-0.1, -0.05) is 13.8 Å². The first-order chi connectivity index (χ1) is 14.8. The van der Waals surface area contributed by atoms with Crippen LogP contribution in [0.15, 0.2) is 40.0 Å². The summed E-state index contributed by atoms with van der Waals surface area (Å²) in [4.78, 5) is 28.9. The number of amides is 1. The van der Waals surface area contributed by atoms with E-state index in [2.05, 4.69) is 56.6 Å². The maximum atomic E-state index is 12.7. The second-order valence-electron chi connectivity index (χ2n) is 8.97. The Bertz CT molecular complexity index is 1080. The molecular weight excluding hydrogens is 460 g/mol. The number of rotatable bonds is 6. The molecule has 162 valence electrons. The smallest absolute Gasteiger partial charge is 0.283 e. The number of carbonyl (C=O) groups is 1. The van der Waals surface area contributed by atoms with Gasteiger partial charge in [0.2, 0.25) is 5.91 Å². The minimum Gasteiger partial charge on any atom is -0.379 e. The Morgan fingerprint density at radius 3 is 2.77 bits per heavy atom. The SMILES string of the molecule is CC1(C)[C@H]2C[C@@H](Nc3cnn(CC(=O)NCc4ccncc4)c(=O)c3Br)[C@H](C#N)[C@@H]1C2. The molecule has 3 saturated carbocycles. The molecule has 0 spiro atoms. The molecule has 0 saturated heterocycles. The van der Waals surface area contributed by atoms with Crippen molar-refractivity contribution in [1.82, 2.24) is 20.1 Å². The van der Waals surface area contributed by atoms with E-state index >= 15 is 0 Å². The molecule has 3 fully saturated rings. The number of aromatic nitrogens is 3. The zero-order valence-electron chi connectivity index (χ0n) is 17.5. The standard InChI is InChI=1S/C22H25BrN6O2/c1-22(2)14-7-16(22)15(9-24)17(8-14)28-18-11-27-29(21(31)20(18)23)12-19(30)26-10-13-3-5-25-6-4-13/h3-6,11,14-17,28H,7-8,10,12H2,1-2H3,(H,26,30)/t14-,15-,16+,17-/m1/s1. The van der Waals surface area contributed by atoms with Gasteiger partial charge in [0.05, 0.1) is 23.9 Å². The average molecular weight is 485 g/mol. The van der Waals surface area contributed by atoms with Crippen molar-refractivity contribution in [3.63, 3.8) is 0 Å². The van der Waals surface area contributed by atoms with Crippen LogP contribution in [0.5, 0.6) is 0 Å². The van der Waals surface area contributed by atoms with E-state index in [4.69, 9.17) is 0 Å². The fraction of sp³-hybridized carbons (Fsp3) is 0.500. The van der Waals surface area contributed by atoms with Crippen LogP contribution >= 0.6 is 15.9 Å². The Balaban J connectivity index is 1.41. The molecule has 3 aliphatic rings. The molecular formula is C22H25BrN6O2. The van der Waals surface area contributed by atoms with Crippen LogP contribution in [0.2, 0.25) is 0 Å². The molecule has 2 bridgehead atoms. The number of halogens is 1. The fourth-order valence-electron chi connectivity index (χ4n) is 4.90. The molecule has 31 heavy (non-hydrogen) atoms. The molecule has 5 rings (SSSR count). The van der Waals surface area contributed by atoms with E-state index < -0.39 is 0 Å². The molecule has 0 unspecified atom stereocenters. The predicted molar refractivity (Wildman–Crippen MR) is 119 cm³/mol. The molecule has 9 heteroatoms. The lowest BCUT2D eigenvalue weighted by Gasteiger charge is -2.61. The third-order valence-electron chi connectivity index (χ3n) is 6.96. The summed E-state index contributed by atoms with van der Waals surface area (Å²) in [5.74, 6) is 0.534. The maximum Gasteiger partial charge on any atom is 0.283 e. The quantitative estimate of drug-likeness (QED) is 0.651. The van der Waals surface area contributed by atoms with Crippen LogP contribution in [0.1, 0.15) is 32.3 Å². The molecule has 3 aliphatic carbocycles. The molecule has 2 aromatic rings. The summed E-state index contributed by atoms with van der Waals surface area (Å²) in [6.07, 6.45) is 6.85. The normalized spacial score (nSPS) is 25.7. The molecule has 0 aromatic carbocycles. The summed E-state index contributed by atoms with van der Waals surface area (Å²) >= 11 is 3.36. The number of carbonyl (C=O) groups excluding carboxylic acids is 1. The number of fused-ring (bicyclic) bond motifs is 2. The lowest BCUT2D eigenvalue weighted by atomic mass is 9.44. The summed E-state index contributed by atoms with van der Waals surface area (Å²) in [5, 5.41) is 20.0. The molecule has 2 heterocycles. The zero-order valence-corrected chi connectivity index (χ0v) is 19.1. The van der Waals surface area contributed by atoms with Crippen LogP contribution in [-0.2, 0) is 17.9 Å². The van der Waals surface area contributed by atoms with Crippen LogP contribution < -0.4 is 16.2 Å². The van der Waals surface area contributed by atoms with Crippen molar-refractivity contribution < 1.29 is 4.79 Å². The van der Waals surface area contributed by atoms with Gasteiger partial charge in [-0.15, -0.1) is 0 Å². The van der Waals surface area contributed by atoms with E-state index in [9.17, 15) is 14.9 Å². The first-order valence-corrected chi connectivity index (χ1v) is 11.2. The van der Waals surface area contributed by atoms with Gasteiger partial charge in [0.15, 0.2) is 0 Å². The third kappa shape index (κ3) is 4.09. The van der Waals surface area contributed by atoms with Gasteiger partial charge in [-0.3, -0.25) is 14.6 Å². The van der Waals surface area contributed by atoms with Crippen molar-refractivity contribution in [3.05, 3.63) is 51.1 Å². The number of pyridine rings is 1. The Morgan fingerprint density at radius 2 is 2.10 bits per heavy atom. The molecule has 4 atom stereocenters.